The maximum Gasteiger partial charge on any atom is 0.120 e. The van der Waals surface area contributed by atoms with Crippen molar-refractivity contribution >= 4 is 11.6 Å². The molecule has 0 spiro atoms. The topological polar surface area (TPSA) is 9.23 Å². The lowest BCUT2D eigenvalue weighted by Gasteiger charge is -2.08. The molecule has 0 aliphatic carbocycles. The number of benzene rings is 2. The predicted molar refractivity (Wildman–Crippen MR) is 84.3 cm³/mol. The van der Waals surface area contributed by atoms with Crippen LogP contribution >= 0.6 is 11.6 Å². The molecule has 0 N–H and O–H groups in total. The molecule has 0 aliphatic heterocycles. The molecule has 0 saturated carbocycles. The summed E-state index contributed by atoms with van der Waals surface area (Å²) in [5.74, 6) is 7.11. The van der Waals surface area contributed by atoms with Gasteiger partial charge in [-0.25, -0.2) is 0 Å². The summed E-state index contributed by atoms with van der Waals surface area (Å²) in [6.45, 7) is 4.68. The number of halogens is 1. The van der Waals surface area contributed by atoms with Gasteiger partial charge in [0, 0.05) is 5.56 Å². The van der Waals surface area contributed by atoms with Crippen LogP contribution < -0.4 is 4.74 Å². The summed E-state index contributed by atoms with van der Waals surface area (Å²) in [4.78, 5) is 0. The summed E-state index contributed by atoms with van der Waals surface area (Å²) in [5, 5.41) is 0. The van der Waals surface area contributed by atoms with Crippen molar-refractivity contribution in [3.8, 4) is 17.6 Å². The van der Waals surface area contributed by atoms with Gasteiger partial charge >= 0.3 is 0 Å². The molecule has 2 heteroatoms. The number of rotatable bonds is 3. The van der Waals surface area contributed by atoms with Crippen molar-refractivity contribution in [3.63, 3.8) is 0 Å². The van der Waals surface area contributed by atoms with E-state index >= 15 is 0 Å². The minimum absolute atomic E-state index is 0.352. The third-order valence-corrected chi connectivity index (χ3v) is 3.15. The van der Waals surface area contributed by atoms with E-state index in [0.717, 1.165) is 16.9 Å². The average Bonchev–Trinajstić information content (AvgIpc) is 2.46. The van der Waals surface area contributed by atoms with Crippen LogP contribution in [0.2, 0.25) is 0 Å². The van der Waals surface area contributed by atoms with Crippen LogP contribution in [0.1, 0.15) is 22.3 Å². The normalized spacial score (nSPS) is 9.75. The first-order chi connectivity index (χ1) is 9.69. The van der Waals surface area contributed by atoms with Gasteiger partial charge in [-0.2, -0.15) is 0 Å². The van der Waals surface area contributed by atoms with Crippen molar-refractivity contribution < 1.29 is 4.74 Å². The van der Waals surface area contributed by atoms with Crippen LogP contribution in [0, 0.1) is 25.7 Å². The maximum absolute atomic E-state index is 5.80. The van der Waals surface area contributed by atoms with Gasteiger partial charge in [0.05, 0.1) is 5.88 Å². The molecule has 0 amide bonds. The van der Waals surface area contributed by atoms with E-state index in [4.69, 9.17) is 16.3 Å². The minimum Gasteiger partial charge on any atom is -0.489 e. The van der Waals surface area contributed by atoms with E-state index in [1.54, 1.807) is 0 Å². The summed E-state index contributed by atoms with van der Waals surface area (Å²) in [6, 6.07) is 14.3. The molecule has 20 heavy (non-hydrogen) atoms. The van der Waals surface area contributed by atoms with E-state index in [-0.39, 0.29) is 0 Å². The molecule has 0 bridgehead atoms. The number of aryl methyl sites for hydroxylation is 2. The van der Waals surface area contributed by atoms with Crippen LogP contribution in [0.3, 0.4) is 0 Å². The van der Waals surface area contributed by atoms with E-state index in [1.807, 2.05) is 25.1 Å². The monoisotopic (exact) mass is 284 g/mol. The van der Waals surface area contributed by atoms with Gasteiger partial charge in [-0.3, -0.25) is 0 Å². The Morgan fingerprint density at radius 3 is 2.45 bits per heavy atom. The highest BCUT2D eigenvalue weighted by Crippen LogP contribution is 2.18. The second kappa shape index (κ2) is 7.03. The second-order valence-electron chi connectivity index (χ2n) is 4.69. The molecule has 0 saturated heterocycles. The highest BCUT2D eigenvalue weighted by Gasteiger charge is 2.00. The predicted octanol–water partition coefficient (Wildman–Crippen LogP) is 4.47. The summed E-state index contributed by atoms with van der Waals surface area (Å²) < 4.78 is 5.80. The Hall–Kier alpha value is -1.91. The van der Waals surface area contributed by atoms with Gasteiger partial charge in [-0.05, 0) is 43.2 Å². The van der Waals surface area contributed by atoms with E-state index in [9.17, 15) is 0 Å². The average molecular weight is 285 g/mol. The molecule has 0 unspecified atom stereocenters. The zero-order chi connectivity index (χ0) is 14.4. The third-order valence-electron chi connectivity index (χ3n) is 3.01. The first kappa shape index (κ1) is 14.5. The highest BCUT2D eigenvalue weighted by molar-refractivity contribution is 6.19. The summed E-state index contributed by atoms with van der Waals surface area (Å²) >= 11 is 5.57. The van der Waals surface area contributed by atoms with Crippen LogP contribution in [-0.4, -0.2) is 5.88 Å². The second-order valence-corrected chi connectivity index (χ2v) is 4.95. The van der Waals surface area contributed by atoms with Crippen LogP contribution in [0.15, 0.2) is 42.5 Å². The zero-order valence-electron chi connectivity index (χ0n) is 11.7. The largest absolute Gasteiger partial charge is 0.489 e. The molecular weight excluding hydrogens is 268 g/mol. The summed E-state index contributed by atoms with van der Waals surface area (Å²) in [5.41, 5.74) is 4.52. The van der Waals surface area contributed by atoms with Gasteiger partial charge in [-0.15, -0.1) is 11.6 Å². The first-order valence-electron chi connectivity index (χ1n) is 6.53. The molecule has 0 heterocycles. The van der Waals surface area contributed by atoms with Crippen LogP contribution in [-0.2, 0) is 6.61 Å². The lowest BCUT2D eigenvalue weighted by Crippen LogP contribution is -1.96. The quantitative estimate of drug-likeness (QED) is 0.597. The Morgan fingerprint density at radius 1 is 1.05 bits per heavy atom. The van der Waals surface area contributed by atoms with Gasteiger partial charge < -0.3 is 4.74 Å². The van der Waals surface area contributed by atoms with Crippen molar-refractivity contribution in [2.75, 3.05) is 5.88 Å². The zero-order valence-corrected chi connectivity index (χ0v) is 12.5. The molecule has 2 aromatic carbocycles. The molecular formula is C18H17ClO. The Labute approximate surface area is 125 Å². The molecule has 2 aromatic rings. The van der Waals surface area contributed by atoms with Crippen molar-refractivity contribution in [1.29, 1.82) is 0 Å². The lowest BCUT2D eigenvalue weighted by atomic mass is 10.1. The number of ether oxygens (including phenoxy) is 1. The van der Waals surface area contributed by atoms with E-state index < -0.39 is 0 Å². The SMILES string of the molecule is Cc1ccc(COc2ccc(C#CCCl)c(C)c2)cc1. The van der Waals surface area contributed by atoms with E-state index in [0.29, 0.717) is 12.5 Å². The molecule has 0 radical (unpaired) electrons. The fraction of sp³-hybridized carbons (Fsp3) is 0.222. The molecule has 1 nitrogen and oxygen atoms in total. The molecule has 102 valence electrons. The summed E-state index contributed by atoms with van der Waals surface area (Å²) in [6.07, 6.45) is 0. The maximum atomic E-state index is 5.80. The standard InChI is InChI=1S/C18H17ClO/c1-14-5-7-16(8-6-14)13-20-18-10-9-17(4-3-11-19)15(2)12-18/h5-10,12H,11,13H2,1-2H3. The van der Waals surface area contributed by atoms with Crippen molar-refractivity contribution in [2.24, 2.45) is 0 Å². The van der Waals surface area contributed by atoms with E-state index in [1.165, 1.54) is 11.1 Å². The van der Waals surface area contributed by atoms with Crippen LogP contribution in [0.4, 0.5) is 0 Å². The van der Waals surface area contributed by atoms with Gasteiger partial charge in [0.25, 0.3) is 0 Å². The molecule has 0 fully saturated rings. The number of hydrogen-bond donors (Lipinski definition) is 0. The Kier molecular flexibility index (Phi) is 5.09. The Balaban J connectivity index is 2.03. The molecule has 0 aliphatic rings. The van der Waals surface area contributed by atoms with Gasteiger partial charge in [-0.1, -0.05) is 41.7 Å². The van der Waals surface area contributed by atoms with Crippen molar-refractivity contribution in [3.05, 3.63) is 64.7 Å². The van der Waals surface area contributed by atoms with Crippen LogP contribution in [0.25, 0.3) is 0 Å². The van der Waals surface area contributed by atoms with Gasteiger partial charge in [0.2, 0.25) is 0 Å². The number of hydrogen-bond acceptors (Lipinski definition) is 1. The van der Waals surface area contributed by atoms with Gasteiger partial charge in [0.1, 0.15) is 12.4 Å². The van der Waals surface area contributed by atoms with Gasteiger partial charge in [0.15, 0.2) is 0 Å². The molecule has 0 atom stereocenters. The van der Waals surface area contributed by atoms with Crippen molar-refractivity contribution in [2.45, 2.75) is 20.5 Å². The van der Waals surface area contributed by atoms with Crippen LogP contribution in [0.5, 0.6) is 5.75 Å². The number of alkyl halides is 1. The molecule has 2 rings (SSSR count). The Morgan fingerprint density at radius 2 is 1.80 bits per heavy atom. The Bertz CT molecular complexity index is 633. The van der Waals surface area contributed by atoms with E-state index in [2.05, 4.69) is 43.0 Å². The summed E-state index contributed by atoms with van der Waals surface area (Å²) in [7, 11) is 0. The fourth-order valence-electron chi connectivity index (χ4n) is 1.85. The molecule has 0 aromatic heterocycles. The van der Waals surface area contributed by atoms with Crippen molar-refractivity contribution in [1.82, 2.24) is 0 Å². The third kappa shape index (κ3) is 4.05. The smallest absolute Gasteiger partial charge is 0.120 e. The highest BCUT2D eigenvalue weighted by atomic mass is 35.5. The lowest BCUT2D eigenvalue weighted by molar-refractivity contribution is 0.306. The minimum atomic E-state index is 0.352. The first-order valence-corrected chi connectivity index (χ1v) is 7.06. The fourth-order valence-corrected chi connectivity index (χ4v) is 1.91.